The molecule has 0 saturated heterocycles. The van der Waals surface area contributed by atoms with Gasteiger partial charge in [0.25, 0.3) is 0 Å². The van der Waals surface area contributed by atoms with Crippen molar-refractivity contribution >= 4 is 43.0 Å². The largest absolute Gasteiger partial charge is 0.457 e. The predicted octanol–water partition coefficient (Wildman–Crippen LogP) is 10.9. The molecule has 0 unspecified atom stereocenters. The van der Waals surface area contributed by atoms with Gasteiger partial charge in [0.05, 0.1) is 0 Å². The van der Waals surface area contributed by atoms with E-state index in [0.717, 1.165) is 33.3 Å². The summed E-state index contributed by atoms with van der Waals surface area (Å²) in [6, 6.07) is 29.8. The molecule has 4 rings (SSSR count). The lowest BCUT2D eigenvalue weighted by Crippen LogP contribution is -1.96. The first-order valence-electron chi connectivity index (χ1n) is 12.5. The highest BCUT2D eigenvalue weighted by Gasteiger charge is 2.10. The van der Waals surface area contributed by atoms with Crippen molar-refractivity contribution < 1.29 is 4.74 Å². The number of ether oxygens (including phenoxy) is 1. The van der Waals surface area contributed by atoms with Crippen molar-refractivity contribution in [3.63, 3.8) is 0 Å². The quantitative estimate of drug-likeness (QED) is 0.191. The van der Waals surface area contributed by atoms with E-state index < -0.39 is 0 Å². The van der Waals surface area contributed by atoms with Crippen molar-refractivity contribution in [2.75, 3.05) is 0 Å². The maximum Gasteiger partial charge on any atom is 0.130 e. The summed E-state index contributed by atoms with van der Waals surface area (Å²) in [6.07, 6.45) is 6.18. The first kappa shape index (κ1) is 27.2. The third-order valence-corrected chi connectivity index (χ3v) is 7.56. The van der Waals surface area contributed by atoms with Crippen LogP contribution in [-0.4, -0.2) is 0 Å². The van der Waals surface area contributed by atoms with Gasteiger partial charge in [-0.1, -0.05) is 104 Å². The van der Waals surface area contributed by atoms with Gasteiger partial charge in [-0.3, -0.25) is 0 Å². The molecule has 0 bridgehead atoms. The van der Waals surface area contributed by atoms with Crippen molar-refractivity contribution in [1.82, 2.24) is 0 Å². The molecule has 0 aromatic heterocycles. The minimum Gasteiger partial charge on any atom is -0.457 e. The van der Waals surface area contributed by atoms with Crippen molar-refractivity contribution in [3.05, 3.63) is 139 Å². The highest BCUT2D eigenvalue weighted by molar-refractivity contribution is 9.10. The number of hydrogen-bond acceptors (Lipinski definition) is 1. The summed E-state index contributed by atoms with van der Waals surface area (Å²) in [6.45, 7) is 8.59. The molecule has 0 aliphatic rings. The van der Waals surface area contributed by atoms with Crippen molar-refractivity contribution in [1.29, 1.82) is 0 Å². The van der Waals surface area contributed by atoms with E-state index >= 15 is 0 Å². The minimum absolute atomic E-state index is 0.808. The lowest BCUT2D eigenvalue weighted by atomic mass is 10.0. The second-order valence-corrected chi connectivity index (χ2v) is 11.4. The van der Waals surface area contributed by atoms with E-state index in [1.165, 1.54) is 44.5 Å². The summed E-state index contributed by atoms with van der Waals surface area (Å²) in [5, 5.41) is 0. The summed E-state index contributed by atoms with van der Waals surface area (Å²) >= 11 is 7.04. The Balaban J connectivity index is 1.58. The topological polar surface area (TPSA) is 9.23 Å². The molecule has 0 spiro atoms. The smallest absolute Gasteiger partial charge is 0.130 e. The Labute approximate surface area is 238 Å². The average molecular weight is 616 g/mol. The molecule has 3 heteroatoms. The van der Waals surface area contributed by atoms with E-state index in [4.69, 9.17) is 4.74 Å². The Kier molecular flexibility index (Phi) is 9.23. The van der Waals surface area contributed by atoms with E-state index in [-0.39, 0.29) is 0 Å². The Morgan fingerprint density at radius 2 is 0.973 bits per heavy atom. The fraction of sp³-hybridized carbons (Fsp3) is 0.176. The molecule has 0 saturated carbocycles. The van der Waals surface area contributed by atoms with Gasteiger partial charge in [0, 0.05) is 8.95 Å². The number of hydrogen-bond donors (Lipinski definition) is 0. The van der Waals surface area contributed by atoms with Gasteiger partial charge in [0.2, 0.25) is 0 Å². The standard InChI is InChI=1S/C34H32Br2O/c1-23-5-19-33(29(21-23)9-7-25(3)27-11-15-31(35)16-12-27)37-34-20-6-24(2)22-30(34)10-8-26(4)28-13-17-32(36)18-14-28/h5-8,11-22H,9-10H2,1-4H3/b25-7+,26-8+. The van der Waals surface area contributed by atoms with Crippen molar-refractivity contribution in [3.8, 4) is 11.5 Å². The van der Waals surface area contributed by atoms with Gasteiger partial charge in [-0.25, -0.2) is 0 Å². The Hall–Kier alpha value is -2.88. The number of rotatable bonds is 8. The molecule has 4 aromatic rings. The Bertz CT molecular complexity index is 1320. The summed E-state index contributed by atoms with van der Waals surface area (Å²) < 4.78 is 8.77. The summed E-state index contributed by atoms with van der Waals surface area (Å²) in [5.74, 6) is 1.81. The molecule has 0 heterocycles. The van der Waals surface area contributed by atoms with Crippen LogP contribution in [0.2, 0.25) is 0 Å². The second kappa shape index (κ2) is 12.6. The predicted molar refractivity (Wildman–Crippen MR) is 165 cm³/mol. The van der Waals surface area contributed by atoms with E-state index in [1.54, 1.807) is 0 Å². The lowest BCUT2D eigenvalue weighted by molar-refractivity contribution is 0.472. The van der Waals surface area contributed by atoms with E-state index in [1.807, 2.05) is 0 Å². The van der Waals surface area contributed by atoms with E-state index in [9.17, 15) is 0 Å². The normalized spacial score (nSPS) is 12.1. The third-order valence-electron chi connectivity index (χ3n) is 6.51. The molecular formula is C34H32Br2O. The molecular weight excluding hydrogens is 584 g/mol. The molecule has 0 N–H and O–H groups in total. The monoisotopic (exact) mass is 614 g/mol. The van der Waals surface area contributed by atoms with Crippen molar-refractivity contribution in [2.45, 2.75) is 40.5 Å². The van der Waals surface area contributed by atoms with Crippen LogP contribution >= 0.6 is 31.9 Å². The molecule has 0 aliphatic carbocycles. The number of halogens is 2. The zero-order valence-electron chi connectivity index (χ0n) is 21.8. The third kappa shape index (κ3) is 7.56. The zero-order valence-corrected chi connectivity index (χ0v) is 25.0. The highest BCUT2D eigenvalue weighted by atomic mass is 79.9. The molecule has 0 amide bonds. The zero-order chi connectivity index (χ0) is 26.4. The molecule has 0 radical (unpaired) electrons. The van der Waals surface area contributed by atoms with Crippen LogP contribution in [0.5, 0.6) is 11.5 Å². The van der Waals surface area contributed by atoms with Crippen LogP contribution in [0.15, 0.2) is 106 Å². The van der Waals surface area contributed by atoms with Crippen LogP contribution in [0.25, 0.3) is 11.1 Å². The molecule has 37 heavy (non-hydrogen) atoms. The summed E-state index contributed by atoms with van der Waals surface area (Å²) in [7, 11) is 0. The van der Waals surface area contributed by atoms with Crippen LogP contribution in [0.1, 0.15) is 47.2 Å². The van der Waals surface area contributed by atoms with Crippen LogP contribution in [0, 0.1) is 13.8 Å². The van der Waals surface area contributed by atoms with Gasteiger partial charge in [0.15, 0.2) is 0 Å². The fourth-order valence-corrected chi connectivity index (χ4v) is 4.77. The summed E-state index contributed by atoms with van der Waals surface area (Å²) in [4.78, 5) is 0. The van der Waals surface area contributed by atoms with Crippen LogP contribution in [0.3, 0.4) is 0 Å². The summed E-state index contributed by atoms with van der Waals surface area (Å²) in [5.41, 5.74) is 9.80. The molecule has 188 valence electrons. The van der Waals surface area contributed by atoms with Crippen LogP contribution < -0.4 is 4.74 Å². The minimum atomic E-state index is 0.808. The number of benzene rings is 4. The lowest BCUT2D eigenvalue weighted by Gasteiger charge is -2.15. The molecule has 0 aliphatic heterocycles. The average Bonchev–Trinajstić information content (AvgIpc) is 2.89. The van der Waals surface area contributed by atoms with Crippen molar-refractivity contribution in [2.24, 2.45) is 0 Å². The van der Waals surface area contributed by atoms with Gasteiger partial charge in [-0.05, 0) is 110 Å². The van der Waals surface area contributed by atoms with Gasteiger partial charge in [-0.2, -0.15) is 0 Å². The number of allylic oxidation sites excluding steroid dienone is 4. The van der Waals surface area contributed by atoms with Gasteiger partial charge < -0.3 is 4.74 Å². The van der Waals surface area contributed by atoms with Gasteiger partial charge in [0.1, 0.15) is 11.5 Å². The maximum atomic E-state index is 6.59. The molecule has 4 aromatic carbocycles. The van der Waals surface area contributed by atoms with Crippen LogP contribution in [-0.2, 0) is 12.8 Å². The highest BCUT2D eigenvalue weighted by Crippen LogP contribution is 2.32. The van der Waals surface area contributed by atoms with E-state index in [2.05, 4.69) is 157 Å². The van der Waals surface area contributed by atoms with Gasteiger partial charge in [-0.15, -0.1) is 0 Å². The first-order valence-corrected chi connectivity index (χ1v) is 14.1. The maximum absolute atomic E-state index is 6.59. The SMILES string of the molecule is C/C(=C\Cc1cc(C)ccc1Oc1ccc(C)cc1C/C=C(\C)c1ccc(Br)cc1)c1ccc(Br)cc1. The second-order valence-electron chi connectivity index (χ2n) is 9.52. The van der Waals surface area contributed by atoms with Crippen LogP contribution in [0.4, 0.5) is 0 Å². The van der Waals surface area contributed by atoms with E-state index in [0.29, 0.717) is 0 Å². The molecule has 0 fully saturated rings. The fourth-order valence-electron chi connectivity index (χ4n) is 4.24. The van der Waals surface area contributed by atoms with Gasteiger partial charge >= 0.3 is 0 Å². The Morgan fingerprint density at radius 1 is 0.595 bits per heavy atom. The number of aryl methyl sites for hydroxylation is 2. The molecule has 1 nitrogen and oxygen atoms in total. The first-order chi connectivity index (χ1) is 17.8. The Morgan fingerprint density at radius 3 is 1.35 bits per heavy atom. The molecule has 0 atom stereocenters.